The highest BCUT2D eigenvalue weighted by molar-refractivity contribution is 5.69. The topological polar surface area (TPSA) is 27.7 Å². The van der Waals surface area contributed by atoms with Gasteiger partial charge < -0.3 is 13.7 Å². The Balaban J connectivity index is 0.0000000781. The van der Waals surface area contributed by atoms with Crippen LogP contribution in [0.5, 0.6) is 0 Å². The highest BCUT2D eigenvalue weighted by Gasteiger charge is 2.42. The van der Waals surface area contributed by atoms with E-state index >= 15 is 0 Å². The van der Waals surface area contributed by atoms with E-state index in [1.165, 1.54) is 75.8 Å². The summed E-state index contributed by atoms with van der Waals surface area (Å²) < 4.78 is 7.45. The predicted molar refractivity (Wildman–Crippen MR) is 216 cm³/mol. The lowest BCUT2D eigenvalue weighted by Crippen LogP contribution is -2.00. The Hall–Kier alpha value is -3.79. The molecular formula is C49H58N4. The highest BCUT2D eigenvalue weighted by Crippen LogP contribution is 2.51. The number of pyridine rings is 1. The summed E-state index contributed by atoms with van der Waals surface area (Å²) in [6.45, 7) is 27.7. The molecule has 6 heterocycles. The molecule has 0 amide bonds. The smallest absolute Gasteiger partial charge is 0.0632 e. The predicted octanol–water partition coefficient (Wildman–Crippen LogP) is 10.6. The van der Waals surface area contributed by atoms with Gasteiger partial charge in [0.1, 0.15) is 0 Å². The Kier molecular flexibility index (Phi) is 6.59. The Morgan fingerprint density at radius 1 is 0.396 bits per heavy atom. The second kappa shape index (κ2) is 10.7. The third-order valence-corrected chi connectivity index (χ3v) is 13.8. The van der Waals surface area contributed by atoms with Crippen molar-refractivity contribution in [2.75, 3.05) is 0 Å². The first-order chi connectivity index (χ1) is 25.3. The van der Waals surface area contributed by atoms with Gasteiger partial charge in [-0.3, -0.25) is 4.98 Å². The minimum atomic E-state index is 0.697. The van der Waals surface area contributed by atoms with Crippen LogP contribution in [0.25, 0.3) is 0 Å². The molecule has 0 unspecified atom stereocenters. The Bertz CT molecular complexity index is 2200. The van der Waals surface area contributed by atoms with Crippen LogP contribution in [0.15, 0.2) is 0 Å². The average molecular weight is 703 g/mol. The van der Waals surface area contributed by atoms with E-state index in [-0.39, 0.29) is 0 Å². The largest absolute Gasteiger partial charge is 0.345 e. The maximum atomic E-state index is 4.50. The summed E-state index contributed by atoms with van der Waals surface area (Å²) in [6.07, 6.45) is 10.2. The second-order valence-corrected chi connectivity index (χ2v) is 19.4. The third-order valence-electron chi connectivity index (χ3n) is 13.8. The molecule has 15 rings (SSSR count). The first-order valence-electron chi connectivity index (χ1n) is 21.2. The molecule has 0 saturated carbocycles. The van der Waals surface area contributed by atoms with Crippen molar-refractivity contribution < 1.29 is 0 Å². The molecule has 0 fully saturated rings. The van der Waals surface area contributed by atoms with Gasteiger partial charge in [-0.1, -0.05) is 55.4 Å². The normalized spacial score (nSPS) is 16.7. The van der Waals surface area contributed by atoms with Gasteiger partial charge >= 0.3 is 0 Å². The lowest BCUT2D eigenvalue weighted by Gasteiger charge is -2.08. The van der Waals surface area contributed by atoms with E-state index in [0.717, 1.165) is 17.8 Å². The number of fused-ring (bicyclic) bond motifs is 13. The molecule has 274 valence electrons. The number of rotatable bonds is 5. The van der Waals surface area contributed by atoms with Crippen LogP contribution in [0.2, 0.25) is 0 Å². The number of nitrogens with zero attached hydrogens (tertiary/aromatic N) is 4. The van der Waals surface area contributed by atoms with Crippen molar-refractivity contribution in [1.82, 2.24) is 18.7 Å². The third kappa shape index (κ3) is 5.24. The maximum absolute atomic E-state index is 4.50. The van der Waals surface area contributed by atoms with Crippen LogP contribution >= 0.6 is 0 Å². The number of hydrogen-bond acceptors (Lipinski definition) is 1. The Labute approximate surface area is 317 Å². The van der Waals surface area contributed by atoms with E-state index in [1.807, 2.05) is 0 Å². The summed E-state index contributed by atoms with van der Waals surface area (Å²) in [7, 11) is 0. The summed E-state index contributed by atoms with van der Waals surface area (Å²) in [5, 5.41) is 0. The van der Waals surface area contributed by atoms with Crippen LogP contribution in [0.4, 0.5) is 0 Å². The lowest BCUT2D eigenvalue weighted by molar-refractivity contribution is 0.589. The van der Waals surface area contributed by atoms with Crippen LogP contribution < -0.4 is 0 Å². The molecule has 0 saturated heterocycles. The molecule has 0 spiro atoms. The van der Waals surface area contributed by atoms with Crippen LogP contribution in [0.3, 0.4) is 0 Å². The minimum absolute atomic E-state index is 0.697. The van der Waals surface area contributed by atoms with Crippen LogP contribution in [0, 0.1) is 6.92 Å². The fourth-order valence-corrected chi connectivity index (χ4v) is 10.8. The van der Waals surface area contributed by atoms with Crippen molar-refractivity contribution in [2.24, 2.45) is 0 Å². The molecule has 8 aliphatic carbocycles. The van der Waals surface area contributed by atoms with E-state index in [9.17, 15) is 0 Å². The van der Waals surface area contributed by atoms with Gasteiger partial charge in [0.25, 0.3) is 0 Å². The quantitative estimate of drug-likeness (QED) is 0.175. The van der Waals surface area contributed by atoms with Gasteiger partial charge in [-0.15, -0.1) is 0 Å². The average Bonchev–Trinajstić information content (AvgIpc) is 3.90. The van der Waals surface area contributed by atoms with E-state index in [1.54, 1.807) is 118 Å². The summed E-state index contributed by atoms with van der Waals surface area (Å²) >= 11 is 0. The van der Waals surface area contributed by atoms with Gasteiger partial charge in [0.15, 0.2) is 0 Å². The maximum Gasteiger partial charge on any atom is 0.0632 e. The van der Waals surface area contributed by atoms with E-state index in [4.69, 9.17) is 0 Å². The van der Waals surface area contributed by atoms with Crippen LogP contribution in [0.1, 0.15) is 228 Å². The Morgan fingerprint density at radius 2 is 0.887 bits per heavy atom. The summed E-state index contributed by atoms with van der Waals surface area (Å²) in [5.41, 5.74) is 37.5. The van der Waals surface area contributed by atoms with Gasteiger partial charge in [0, 0.05) is 90.1 Å². The van der Waals surface area contributed by atoms with Gasteiger partial charge in [0.2, 0.25) is 0 Å². The van der Waals surface area contributed by atoms with Crippen molar-refractivity contribution in [3.05, 3.63) is 129 Å². The molecule has 5 aromatic rings. The molecule has 53 heavy (non-hydrogen) atoms. The second-order valence-electron chi connectivity index (χ2n) is 19.4. The molecule has 0 atom stereocenters. The fraction of sp³-hybridized carbons (Fsp3) is 0.531. The van der Waals surface area contributed by atoms with Crippen molar-refractivity contribution >= 4 is 0 Å². The number of benzene rings is 1. The standard InChI is InChI=1S/C12H14.C10H11N.3C9H11N/c1-6(2)12-10-4-8(10)7(3)9-5-11(9)12;1-5(2)10-6-3-8(6)11-9-4-7(9)10;1-5(2)10-8-3-6(8)7-4-9(7)10;1-5(2)9-6-3-7(6)10-4-8(9)10;1-5(2)9-7-3-6(7)8-4-10(8)9/h6H,4-5H2,1-3H3;5H,3-4H2,1-2H3;3*5H,3-4H2,1-2H3. The zero-order valence-electron chi connectivity index (χ0n) is 34.2. The fourth-order valence-electron chi connectivity index (χ4n) is 10.8. The van der Waals surface area contributed by atoms with Crippen molar-refractivity contribution in [3.8, 4) is 0 Å². The molecule has 4 nitrogen and oxygen atoms in total. The molecular weight excluding hydrogens is 645 g/mol. The lowest BCUT2D eigenvalue weighted by atomic mass is 10.0. The Morgan fingerprint density at radius 3 is 1.28 bits per heavy atom. The monoisotopic (exact) mass is 702 g/mol. The zero-order valence-corrected chi connectivity index (χ0v) is 34.2. The molecule has 0 bridgehead atoms. The molecule has 0 radical (unpaired) electrons. The highest BCUT2D eigenvalue weighted by atomic mass is 15.2. The molecule has 4 heteroatoms. The van der Waals surface area contributed by atoms with Gasteiger partial charge in [-0.2, -0.15) is 0 Å². The van der Waals surface area contributed by atoms with E-state index in [2.05, 4.69) is 94.8 Å². The molecule has 2 aliphatic heterocycles. The number of hydrogen-bond donors (Lipinski definition) is 0. The molecule has 0 N–H and O–H groups in total. The van der Waals surface area contributed by atoms with Crippen LogP contribution in [-0.4, -0.2) is 18.7 Å². The van der Waals surface area contributed by atoms with Crippen molar-refractivity contribution in [1.29, 1.82) is 0 Å². The summed E-state index contributed by atoms with van der Waals surface area (Å²) in [4.78, 5) is 4.50. The number of aromatic nitrogens is 4. The first-order valence-corrected chi connectivity index (χ1v) is 21.2. The van der Waals surface area contributed by atoms with Gasteiger partial charge in [-0.25, -0.2) is 0 Å². The molecule has 4 aromatic heterocycles. The van der Waals surface area contributed by atoms with Gasteiger partial charge in [-0.05, 0) is 141 Å². The zero-order chi connectivity index (χ0) is 36.7. The SMILES string of the molecule is CC(C)c1c2c(c3n1C3)C2.CC(C)c1c2c(n3c1C3)C2.CC(C)c1c2c(nc3c1C3)C2.CC(C)n1c2c(c3c1C3)C2.Cc1c2c(c(C(C)C)c3c1C3)C2. The van der Waals surface area contributed by atoms with Gasteiger partial charge in [0.05, 0.1) is 13.1 Å². The van der Waals surface area contributed by atoms with Crippen LogP contribution in [-0.2, 0) is 64.5 Å². The molecule has 10 aliphatic rings. The van der Waals surface area contributed by atoms with E-state index in [0.29, 0.717) is 12.0 Å². The first kappa shape index (κ1) is 32.6. The van der Waals surface area contributed by atoms with E-state index < -0.39 is 0 Å². The minimum Gasteiger partial charge on any atom is -0.345 e. The molecule has 1 aromatic carbocycles. The summed E-state index contributed by atoms with van der Waals surface area (Å²) in [6, 6.07) is 0.697. The summed E-state index contributed by atoms with van der Waals surface area (Å²) in [5.74, 6) is 2.96. The van der Waals surface area contributed by atoms with Crippen molar-refractivity contribution in [3.63, 3.8) is 0 Å². The van der Waals surface area contributed by atoms with Crippen molar-refractivity contribution in [2.45, 2.75) is 170 Å².